The van der Waals surface area contributed by atoms with Crippen molar-refractivity contribution in [2.45, 2.75) is 6.42 Å². The molecular weight excluding hydrogens is 344 g/mol. The van der Waals surface area contributed by atoms with E-state index >= 15 is 0 Å². The number of carbonyl (C=O) groups excluding carboxylic acids is 2. The maximum atomic E-state index is 12.4. The summed E-state index contributed by atoms with van der Waals surface area (Å²) in [5.41, 5.74) is 0.626. The Kier molecular flexibility index (Phi) is 6.75. The van der Waals surface area contributed by atoms with Crippen molar-refractivity contribution in [3.63, 3.8) is 0 Å². The number of hydrogen-bond acceptors (Lipinski definition) is 5. The first kappa shape index (κ1) is 18.7. The summed E-state index contributed by atoms with van der Waals surface area (Å²) in [5, 5.41) is 12.2. The number of ketones is 1. The zero-order valence-electron chi connectivity index (χ0n) is 13.6. The molecule has 0 aliphatic rings. The van der Waals surface area contributed by atoms with E-state index in [1.807, 2.05) is 0 Å². The first-order chi connectivity index (χ1) is 12.1. The Balaban J connectivity index is 2.10. The van der Waals surface area contributed by atoms with Gasteiger partial charge in [0.15, 0.2) is 11.7 Å². The van der Waals surface area contributed by atoms with E-state index in [1.54, 1.807) is 43.5 Å². The van der Waals surface area contributed by atoms with Crippen LogP contribution in [0.15, 0.2) is 40.8 Å². The van der Waals surface area contributed by atoms with Gasteiger partial charge in [0.1, 0.15) is 5.76 Å². The van der Waals surface area contributed by atoms with Crippen molar-refractivity contribution in [3.8, 4) is 17.4 Å². The van der Waals surface area contributed by atoms with Crippen molar-refractivity contribution in [2.75, 3.05) is 20.3 Å². The lowest BCUT2D eigenvalue weighted by molar-refractivity contribution is -0.122. The summed E-state index contributed by atoms with van der Waals surface area (Å²) in [6.07, 6.45) is 0.589. The molecule has 1 aromatic carbocycles. The minimum Gasteiger partial charge on any atom is -0.453 e. The molecule has 1 heterocycles. The number of Topliss-reactive ketones (excluding diaryl/α,β-unsaturated/α-hetero) is 1. The van der Waals surface area contributed by atoms with Gasteiger partial charge in [0.05, 0.1) is 11.1 Å². The molecule has 0 unspecified atom stereocenters. The van der Waals surface area contributed by atoms with Crippen molar-refractivity contribution < 1.29 is 18.7 Å². The summed E-state index contributed by atoms with van der Waals surface area (Å²) in [4.78, 5) is 24.4. The number of halogens is 1. The number of rotatable bonds is 8. The van der Waals surface area contributed by atoms with Crippen molar-refractivity contribution >= 4 is 23.3 Å². The topological polar surface area (TPSA) is 92.3 Å². The number of furan rings is 1. The van der Waals surface area contributed by atoms with Gasteiger partial charge in [-0.25, -0.2) is 0 Å². The maximum Gasteiger partial charge on any atom is 0.245 e. The highest BCUT2D eigenvalue weighted by Gasteiger charge is 2.29. The van der Waals surface area contributed by atoms with E-state index in [4.69, 9.17) is 20.8 Å². The number of ether oxygens (including phenoxy) is 1. The predicted octanol–water partition coefficient (Wildman–Crippen LogP) is 3.08. The number of nitrogens with zero attached hydrogens (tertiary/aromatic N) is 1. The van der Waals surface area contributed by atoms with E-state index in [2.05, 4.69) is 5.32 Å². The van der Waals surface area contributed by atoms with Crippen LogP contribution in [-0.4, -0.2) is 32.0 Å². The molecule has 0 aliphatic carbocycles. The third-order valence-corrected chi connectivity index (χ3v) is 3.80. The Hall–Kier alpha value is -2.62. The standard InChI is InChI=1S/C18H17ClN2O4/c1-24-10-4-9-21-18(23)13(11-20)17(22)16-8-7-15(25-16)12-5-2-3-6-14(12)19/h2-3,5-8,13H,4,9-10H2,1H3,(H,21,23)/t13-/m0/s1. The van der Waals surface area contributed by atoms with Crippen LogP contribution in [0.2, 0.25) is 5.02 Å². The van der Waals surface area contributed by atoms with Gasteiger partial charge in [-0.15, -0.1) is 0 Å². The Morgan fingerprint density at radius 3 is 2.76 bits per heavy atom. The summed E-state index contributed by atoms with van der Waals surface area (Å²) < 4.78 is 10.4. The summed E-state index contributed by atoms with van der Waals surface area (Å²) in [5.74, 6) is -2.48. The highest BCUT2D eigenvalue weighted by molar-refractivity contribution is 6.33. The first-order valence-corrected chi connectivity index (χ1v) is 8.01. The number of amides is 1. The Labute approximate surface area is 150 Å². The van der Waals surface area contributed by atoms with Gasteiger partial charge in [-0.05, 0) is 30.7 Å². The zero-order chi connectivity index (χ0) is 18.2. The highest BCUT2D eigenvalue weighted by Crippen LogP contribution is 2.29. The molecule has 7 heteroatoms. The van der Waals surface area contributed by atoms with Gasteiger partial charge in [0.2, 0.25) is 11.7 Å². The molecule has 2 rings (SSSR count). The van der Waals surface area contributed by atoms with Gasteiger partial charge in [0, 0.05) is 25.8 Å². The van der Waals surface area contributed by atoms with Crippen molar-refractivity contribution in [2.24, 2.45) is 5.92 Å². The van der Waals surface area contributed by atoms with Crippen LogP contribution in [0, 0.1) is 17.2 Å². The summed E-state index contributed by atoms with van der Waals surface area (Å²) in [6, 6.07) is 11.8. The molecule has 0 saturated carbocycles. The SMILES string of the molecule is COCCCNC(=O)[C@@H](C#N)C(=O)c1ccc(-c2ccccc2Cl)o1. The Bertz CT molecular complexity index is 794. The molecule has 130 valence electrons. The van der Waals surface area contributed by atoms with Crippen LogP contribution in [-0.2, 0) is 9.53 Å². The van der Waals surface area contributed by atoms with Gasteiger partial charge < -0.3 is 14.5 Å². The summed E-state index contributed by atoms with van der Waals surface area (Å²) in [7, 11) is 1.55. The molecule has 1 aromatic heterocycles. The summed E-state index contributed by atoms with van der Waals surface area (Å²) in [6.45, 7) is 0.798. The van der Waals surface area contributed by atoms with Crippen LogP contribution in [0.1, 0.15) is 17.0 Å². The van der Waals surface area contributed by atoms with Crippen molar-refractivity contribution in [3.05, 3.63) is 47.2 Å². The molecule has 0 spiro atoms. The smallest absolute Gasteiger partial charge is 0.245 e. The molecule has 6 nitrogen and oxygen atoms in total. The molecule has 1 amide bonds. The number of nitrogens with one attached hydrogen (secondary N) is 1. The van der Waals surface area contributed by atoms with Crippen LogP contribution >= 0.6 is 11.6 Å². The van der Waals surface area contributed by atoms with Gasteiger partial charge in [-0.3, -0.25) is 9.59 Å². The largest absolute Gasteiger partial charge is 0.453 e. The highest BCUT2D eigenvalue weighted by atomic mass is 35.5. The normalized spacial score (nSPS) is 11.6. The number of hydrogen-bond donors (Lipinski definition) is 1. The van der Waals surface area contributed by atoms with Crippen LogP contribution in [0.3, 0.4) is 0 Å². The fraction of sp³-hybridized carbons (Fsp3) is 0.278. The minimum absolute atomic E-state index is 0.0616. The van der Waals surface area contributed by atoms with Gasteiger partial charge >= 0.3 is 0 Å². The first-order valence-electron chi connectivity index (χ1n) is 7.63. The molecule has 2 aromatic rings. The average Bonchev–Trinajstić information content (AvgIpc) is 3.09. The Morgan fingerprint density at radius 1 is 1.32 bits per heavy atom. The number of benzene rings is 1. The van der Waals surface area contributed by atoms with E-state index < -0.39 is 17.6 Å². The molecule has 0 bridgehead atoms. The minimum atomic E-state index is -1.47. The van der Waals surface area contributed by atoms with Crippen LogP contribution in [0.25, 0.3) is 11.3 Å². The lowest BCUT2D eigenvalue weighted by atomic mass is 10.0. The predicted molar refractivity (Wildman–Crippen MR) is 92.1 cm³/mol. The van der Waals surface area contributed by atoms with E-state index in [0.717, 1.165) is 0 Å². The van der Waals surface area contributed by atoms with E-state index in [9.17, 15) is 14.9 Å². The molecule has 0 radical (unpaired) electrons. The second-order valence-corrected chi connectivity index (χ2v) is 5.61. The monoisotopic (exact) mass is 360 g/mol. The molecular formula is C18H17ClN2O4. The fourth-order valence-electron chi connectivity index (χ4n) is 2.18. The average molecular weight is 361 g/mol. The zero-order valence-corrected chi connectivity index (χ0v) is 14.4. The molecule has 0 fully saturated rings. The lowest BCUT2D eigenvalue weighted by Gasteiger charge is -2.08. The van der Waals surface area contributed by atoms with Crippen molar-refractivity contribution in [1.82, 2.24) is 5.32 Å². The number of carbonyl (C=O) groups is 2. The lowest BCUT2D eigenvalue weighted by Crippen LogP contribution is -2.35. The number of nitriles is 1. The maximum absolute atomic E-state index is 12.4. The molecule has 25 heavy (non-hydrogen) atoms. The molecule has 0 aliphatic heterocycles. The molecule has 0 saturated heterocycles. The van der Waals surface area contributed by atoms with Gasteiger partial charge in [-0.2, -0.15) is 5.26 Å². The second-order valence-electron chi connectivity index (χ2n) is 5.21. The molecule has 1 atom stereocenters. The van der Waals surface area contributed by atoms with Gasteiger partial charge in [-0.1, -0.05) is 23.7 Å². The summed E-state index contributed by atoms with van der Waals surface area (Å²) >= 11 is 6.10. The quantitative estimate of drug-likeness (QED) is 0.443. The van der Waals surface area contributed by atoms with Crippen LogP contribution < -0.4 is 5.32 Å². The Morgan fingerprint density at radius 2 is 2.08 bits per heavy atom. The van der Waals surface area contributed by atoms with Crippen LogP contribution in [0.4, 0.5) is 0 Å². The third kappa shape index (κ3) is 4.69. The molecule has 1 N–H and O–H groups in total. The van der Waals surface area contributed by atoms with Crippen LogP contribution in [0.5, 0.6) is 0 Å². The number of methoxy groups -OCH3 is 1. The fourth-order valence-corrected chi connectivity index (χ4v) is 2.41. The van der Waals surface area contributed by atoms with E-state index in [-0.39, 0.29) is 5.76 Å². The van der Waals surface area contributed by atoms with E-state index in [0.29, 0.717) is 35.9 Å². The van der Waals surface area contributed by atoms with E-state index in [1.165, 1.54) is 6.07 Å². The third-order valence-electron chi connectivity index (χ3n) is 3.47. The van der Waals surface area contributed by atoms with Crippen molar-refractivity contribution in [1.29, 1.82) is 5.26 Å². The second kappa shape index (κ2) is 9.02. The van der Waals surface area contributed by atoms with Gasteiger partial charge in [0.25, 0.3) is 0 Å².